The molecular formula is C21H31N3O3. The molecule has 0 aromatic heterocycles. The van der Waals surface area contributed by atoms with E-state index in [1.165, 1.54) is 19.3 Å². The molecule has 2 aliphatic rings. The molecule has 6 nitrogen and oxygen atoms in total. The number of amides is 3. The van der Waals surface area contributed by atoms with Crippen LogP contribution in [-0.4, -0.2) is 61.1 Å². The number of piperazine rings is 1. The molecule has 0 atom stereocenters. The van der Waals surface area contributed by atoms with Crippen molar-refractivity contribution in [3.8, 4) is 5.75 Å². The summed E-state index contributed by atoms with van der Waals surface area (Å²) in [5.41, 5.74) is 2.78. The zero-order chi connectivity index (χ0) is 19.4. The van der Waals surface area contributed by atoms with Crippen molar-refractivity contribution in [1.82, 2.24) is 15.1 Å². The summed E-state index contributed by atoms with van der Waals surface area (Å²) in [5.74, 6) is 0.586. The van der Waals surface area contributed by atoms with Gasteiger partial charge in [0.2, 0.25) is 0 Å². The van der Waals surface area contributed by atoms with Crippen molar-refractivity contribution in [3.63, 3.8) is 0 Å². The Balaban J connectivity index is 1.58. The number of hydrogen-bond donors (Lipinski definition) is 1. The molecule has 6 heteroatoms. The second kappa shape index (κ2) is 8.63. The molecule has 1 aromatic carbocycles. The molecule has 2 fully saturated rings. The van der Waals surface area contributed by atoms with Gasteiger partial charge in [0.05, 0.1) is 12.7 Å². The predicted molar refractivity (Wildman–Crippen MR) is 105 cm³/mol. The number of ether oxygens (including phenoxy) is 1. The van der Waals surface area contributed by atoms with E-state index in [0.29, 0.717) is 43.5 Å². The van der Waals surface area contributed by atoms with Gasteiger partial charge in [-0.15, -0.1) is 0 Å². The highest BCUT2D eigenvalue weighted by Crippen LogP contribution is 2.25. The summed E-state index contributed by atoms with van der Waals surface area (Å²) in [6.45, 7) is 6.24. The molecule has 1 saturated carbocycles. The highest BCUT2D eigenvalue weighted by molar-refractivity contribution is 5.97. The topological polar surface area (TPSA) is 61.9 Å². The lowest BCUT2D eigenvalue weighted by atomic mass is 9.96. The number of hydrogen-bond acceptors (Lipinski definition) is 3. The van der Waals surface area contributed by atoms with Gasteiger partial charge < -0.3 is 19.9 Å². The number of methoxy groups -OCH3 is 1. The number of nitrogens with zero attached hydrogens (tertiary/aromatic N) is 2. The fourth-order valence-corrected chi connectivity index (χ4v) is 3.92. The second-order valence-electron chi connectivity index (χ2n) is 7.70. The molecule has 1 saturated heterocycles. The first-order valence-electron chi connectivity index (χ1n) is 9.99. The molecule has 1 heterocycles. The molecule has 148 valence electrons. The Kier molecular flexibility index (Phi) is 6.24. The normalized spacial score (nSPS) is 18.3. The third-order valence-electron chi connectivity index (χ3n) is 5.83. The lowest BCUT2D eigenvalue weighted by molar-refractivity contribution is 0.0659. The van der Waals surface area contributed by atoms with Crippen molar-refractivity contribution in [2.24, 2.45) is 0 Å². The number of carbonyl (C=O) groups excluding carboxylic acids is 2. The fraction of sp³-hybridized carbons (Fsp3) is 0.619. The summed E-state index contributed by atoms with van der Waals surface area (Å²) in [6.07, 6.45) is 5.83. The first-order valence-corrected chi connectivity index (χ1v) is 9.99. The molecule has 0 bridgehead atoms. The fourth-order valence-electron chi connectivity index (χ4n) is 3.92. The summed E-state index contributed by atoms with van der Waals surface area (Å²) >= 11 is 0. The van der Waals surface area contributed by atoms with Crippen molar-refractivity contribution in [2.45, 2.75) is 52.0 Å². The molecule has 0 spiro atoms. The maximum absolute atomic E-state index is 13.0. The van der Waals surface area contributed by atoms with E-state index in [1.807, 2.05) is 35.8 Å². The third kappa shape index (κ3) is 4.54. The van der Waals surface area contributed by atoms with Crippen LogP contribution in [-0.2, 0) is 0 Å². The lowest BCUT2D eigenvalue weighted by Crippen LogP contribution is -2.54. The molecular weight excluding hydrogens is 342 g/mol. The van der Waals surface area contributed by atoms with Crippen molar-refractivity contribution >= 4 is 11.9 Å². The largest absolute Gasteiger partial charge is 0.496 e. The van der Waals surface area contributed by atoms with Gasteiger partial charge >= 0.3 is 6.03 Å². The standard InChI is InChI=1S/C21H31N3O3/c1-15-13-18(19(27-3)14-16(15)2)20(25)23-9-11-24(12-10-23)21(26)22-17-7-5-4-6-8-17/h13-14,17H,4-12H2,1-3H3,(H,22,26). The lowest BCUT2D eigenvalue weighted by Gasteiger charge is -2.36. The second-order valence-corrected chi connectivity index (χ2v) is 7.70. The summed E-state index contributed by atoms with van der Waals surface area (Å²) in [7, 11) is 1.59. The Hall–Kier alpha value is -2.24. The van der Waals surface area contributed by atoms with Crippen LogP contribution in [0.5, 0.6) is 5.75 Å². The molecule has 1 aromatic rings. The quantitative estimate of drug-likeness (QED) is 0.886. The van der Waals surface area contributed by atoms with Gasteiger partial charge in [0.1, 0.15) is 5.75 Å². The van der Waals surface area contributed by atoms with Crippen LogP contribution in [0.3, 0.4) is 0 Å². The van der Waals surface area contributed by atoms with Crippen LogP contribution in [0.4, 0.5) is 4.79 Å². The van der Waals surface area contributed by atoms with E-state index in [9.17, 15) is 9.59 Å². The average Bonchev–Trinajstić information content (AvgIpc) is 2.70. The van der Waals surface area contributed by atoms with Crippen molar-refractivity contribution < 1.29 is 14.3 Å². The van der Waals surface area contributed by atoms with E-state index in [0.717, 1.165) is 24.0 Å². The molecule has 27 heavy (non-hydrogen) atoms. The van der Waals surface area contributed by atoms with Gasteiger partial charge in [-0.1, -0.05) is 19.3 Å². The highest BCUT2D eigenvalue weighted by Gasteiger charge is 2.28. The van der Waals surface area contributed by atoms with E-state index in [4.69, 9.17) is 4.74 Å². The van der Waals surface area contributed by atoms with Gasteiger partial charge in [0, 0.05) is 32.2 Å². The first kappa shape index (κ1) is 19.5. The van der Waals surface area contributed by atoms with Crippen molar-refractivity contribution in [2.75, 3.05) is 33.3 Å². The van der Waals surface area contributed by atoms with Crippen molar-refractivity contribution in [1.29, 1.82) is 0 Å². The number of urea groups is 1. The van der Waals surface area contributed by atoms with Gasteiger partial charge in [0.15, 0.2) is 0 Å². The van der Waals surface area contributed by atoms with E-state index in [-0.39, 0.29) is 11.9 Å². The number of aryl methyl sites for hydroxylation is 2. The van der Waals surface area contributed by atoms with Crippen LogP contribution in [0.2, 0.25) is 0 Å². The Morgan fingerprint density at radius 2 is 1.56 bits per heavy atom. The van der Waals surface area contributed by atoms with Crippen LogP contribution in [0.25, 0.3) is 0 Å². The Morgan fingerprint density at radius 3 is 2.19 bits per heavy atom. The van der Waals surface area contributed by atoms with Gasteiger partial charge in [-0.05, 0) is 49.9 Å². The maximum Gasteiger partial charge on any atom is 0.317 e. The minimum atomic E-state index is -0.0257. The van der Waals surface area contributed by atoms with Crippen LogP contribution in [0.15, 0.2) is 12.1 Å². The number of nitrogens with one attached hydrogen (secondary N) is 1. The zero-order valence-electron chi connectivity index (χ0n) is 16.7. The highest BCUT2D eigenvalue weighted by atomic mass is 16.5. The smallest absolute Gasteiger partial charge is 0.317 e. The average molecular weight is 373 g/mol. The van der Waals surface area contributed by atoms with Crippen LogP contribution >= 0.6 is 0 Å². The van der Waals surface area contributed by atoms with Gasteiger partial charge in [-0.2, -0.15) is 0 Å². The maximum atomic E-state index is 13.0. The summed E-state index contributed by atoms with van der Waals surface area (Å²) in [4.78, 5) is 29.1. The third-order valence-corrected chi connectivity index (χ3v) is 5.83. The van der Waals surface area contributed by atoms with Gasteiger partial charge in [0.25, 0.3) is 5.91 Å². The van der Waals surface area contributed by atoms with Crippen LogP contribution < -0.4 is 10.1 Å². The summed E-state index contributed by atoms with van der Waals surface area (Å²) in [6, 6.07) is 4.14. The van der Waals surface area contributed by atoms with Gasteiger partial charge in [-0.3, -0.25) is 4.79 Å². The van der Waals surface area contributed by atoms with Crippen LogP contribution in [0.1, 0.15) is 53.6 Å². The monoisotopic (exact) mass is 373 g/mol. The Morgan fingerprint density at radius 1 is 0.963 bits per heavy atom. The Bertz CT molecular complexity index is 690. The molecule has 3 rings (SSSR count). The summed E-state index contributed by atoms with van der Waals surface area (Å²) in [5, 5.41) is 3.16. The van der Waals surface area contributed by atoms with E-state index in [2.05, 4.69) is 5.32 Å². The predicted octanol–water partition coefficient (Wildman–Crippen LogP) is 3.11. The SMILES string of the molecule is COc1cc(C)c(C)cc1C(=O)N1CCN(C(=O)NC2CCCCC2)CC1. The summed E-state index contributed by atoms with van der Waals surface area (Å²) < 4.78 is 5.41. The van der Waals surface area contributed by atoms with E-state index < -0.39 is 0 Å². The molecule has 0 unspecified atom stereocenters. The van der Waals surface area contributed by atoms with E-state index >= 15 is 0 Å². The minimum Gasteiger partial charge on any atom is -0.496 e. The zero-order valence-corrected chi connectivity index (χ0v) is 16.7. The number of rotatable bonds is 3. The Labute approximate surface area is 161 Å². The van der Waals surface area contributed by atoms with Gasteiger partial charge in [-0.25, -0.2) is 4.79 Å². The first-order chi connectivity index (χ1) is 13.0. The number of carbonyl (C=O) groups is 2. The van der Waals surface area contributed by atoms with E-state index in [1.54, 1.807) is 7.11 Å². The van der Waals surface area contributed by atoms with Crippen molar-refractivity contribution in [3.05, 3.63) is 28.8 Å². The molecule has 1 aliphatic heterocycles. The molecule has 1 aliphatic carbocycles. The molecule has 1 N–H and O–H groups in total. The molecule has 0 radical (unpaired) electrons. The molecule has 3 amide bonds. The van der Waals surface area contributed by atoms with Crippen LogP contribution in [0, 0.1) is 13.8 Å². The minimum absolute atomic E-state index is 0.0118. The number of benzene rings is 1.